The minimum Gasteiger partial charge on any atom is -0.397 e. The molecule has 0 fully saturated rings. The largest absolute Gasteiger partial charge is 0.397 e. The molecule has 0 unspecified atom stereocenters. The first-order valence-corrected chi connectivity index (χ1v) is 9.70. The van der Waals surface area contributed by atoms with Crippen LogP contribution in [0.5, 0.6) is 0 Å². The third-order valence-electron chi connectivity index (χ3n) is 5.24. The van der Waals surface area contributed by atoms with Crippen LogP contribution in [0, 0.1) is 0 Å². The van der Waals surface area contributed by atoms with E-state index in [0.29, 0.717) is 5.69 Å². The van der Waals surface area contributed by atoms with Gasteiger partial charge in [0.15, 0.2) is 0 Å². The summed E-state index contributed by atoms with van der Waals surface area (Å²) in [5.74, 6) is 0. The van der Waals surface area contributed by atoms with E-state index in [4.69, 9.17) is 5.73 Å². The second kappa shape index (κ2) is 6.74. The van der Waals surface area contributed by atoms with Gasteiger partial charge in [-0.25, -0.2) is 0 Å². The molecule has 0 saturated heterocycles. The molecule has 0 aromatic carbocycles. The van der Waals surface area contributed by atoms with Crippen molar-refractivity contribution in [1.29, 1.82) is 0 Å². The number of hydrogen-bond donors (Lipinski definition) is 3. The van der Waals surface area contributed by atoms with Gasteiger partial charge in [0.05, 0.1) is 46.2 Å². The van der Waals surface area contributed by atoms with Crippen molar-refractivity contribution < 1.29 is 0 Å². The monoisotopic (exact) mass is 404 g/mol. The Morgan fingerprint density at radius 1 is 0.774 bits per heavy atom. The van der Waals surface area contributed by atoms with Gasteiger partial charge < -0.3 is 10.7 Å². The number of H-pyrrole nitrogens is 2. The Morgan fingerprint density at radius 2 is 1.71 bits per heavy atom. The molecule has 31 heavy (non-hydrogen) atoms. The van der Waals surface area contributed by atoms with Gasteiger partial charge in [0.25, 0.3) is 0 Å². The standard InChI is InChI=1S/C23H16N8/c24-14-5-13(8-25-9-14)19-7-16-22(12-28-19)30-31-23(16)20-6-15-17(10-26-11-21(15)29-20)18-3-1-2-4-27-18/h1-12,29H,24H2,(H,30,31). The van der Waals surface area contributed by atoms with E-state index < -0.39 is 0 Å². The quantitative estimate of drug-likeness (QED) is 0.406. The Morgan fingerprint density at radius 3 is 2.58 bits per heavy atom. The molecule has 4 N–H and O–H groups in total. The van der Waals surface area contributed by atoms with Crippen LogP contribution in [0.25, 0.3) is 55.7 Å². The van der Waals surface area contributed by atoms with E-state index in [1.165, 1.54) is 0 Å². The van der Waals surface area contributed by atoms with Crippen molar-refractivity contribution in [2.24, 2.45) is 0 Å². The predicted octanol–water partition coefficient (Wildman–Crippen LogP) is 4.21. The van der Waals surface area contributed by atoms with Crippen molar-refractivity contribution >= 4 is 27.5 Å². The Bertz CT molecular complexity index is 1550. The minimum atomic E-state index is 0.594. The van der Waals surface area contributed by atoms with E-state index >= 15 is 0 Å². The summed E-state index contributed by atoms with van der Waals surface area (Å²) in [5.41, 5.74) is 13.4. The zero-order valence-corrected chi connectivity index (χ0v) is 16.2. The van der Waals surface area contributed by atoms with Crippen LogP contribution in [0.1, 0.15) is 0 Å². The normalized spacial score (nSPS) is 11.4. The summed E-state index contributed by atoms with van der Waals surface area (Å²) in [6.45, 7) is 0. The third kappa shape index (κ3) is 2.89. The second-order valence-corrected chi connectivity index (χ2v) is 7.24. The third-order valence-corrected chi connectivity index (χ3v) is 5.24. The van der Waals surface area contributed by atoms with E-state index in [0.717, 1.165) is 55.7 Å². The summed E-state index contributed by atoms with van der Waals surface area (Å²) in [6, 6.07) is 11.8. The highest BCUT2D eigenvalue weighted by atomic mass is 15.1. The molecule has 0 amide bonds. The van der Waals surface area contributed by atoms with Gasteiger partial charge in [-0.3, -0.25) is 25.0 Å². The van der Waals surface area contributed by atoms with Gasteiger partial charge in [-0.2, -0.15) is 5.10 Å². The molecule has 0 aliphatic heterocycles. The molecule has 6 rings (SSSR count). The molecule has 8 nitrogen and oxygen atoms in total. The number of pyridine rings is 4. The molecular formula is C23H16N8. The Balaban J connectivity index is 1.51. The lowest BCUT2D eigenvalue weighted by molar-refractivity contribution is 1.11. The van der Waals surface area contributed by atoms with Crippen molar-refractivity contribution in [3.8, 4) is 33.9 Å². The molecule has 0 atom stereocenters. The van der Waals surface area contributed by atoms with Crippen LogP contribution in [-0.4, -0.2) is 35.1 Å². The molecule has 0 aliphatic carbocycles. The second-order valence-electron chi connectivity index (χ2n) is 7.24. The van der Waals surface area contributed by atoms with Crippen molar-refractivity contribution in [1.82, 2.24) is 35.1 Å². The fraction of sp³-hybridized carbons (Fsp3) is 0. The number of anilines is 1. The fourth-order valence-electron chi connectivity index (χ4n) is 3.78. The number of nitrogen functional groups attached to an aromatic ring is 1. The number of aromatic nitrogens is 7. The number of nitrogens with two attached hydrogens (primary N) is 1. The lowest BCUT2D eigenvalue weighted by atomic mass is 10.1. The van der Waals surface area contributed by atoms with E-state index in [9.17, 15) is 0 Å². The molecular weight excluding hydrogens is 388 g/mol. The first kappa shape index (κ1) is 17.3. The van der Waals surface area contributed by atoms with Crippen molar-refractivity contribution in [2.45, 2.75) is 0 Å². The lowest BCUT2D eigenvalue weighted by Gasteiger charge is -2.02. The first-order valence-electron chi connectivity index (χ1n) is 9.70. The van der Waals surface area contributed by atoms with Crippen LogP contribution in [0.15, 0.2) is 73.6 Å². The predicted molar refractivity (Wildman–Crippen MR) is 120 cm³/mol. The van der Waals surface area contributed by atoms with Gasteiger partial charge in [0, 0.05) is 46.7 Å². The van der Waals surface area contributed by atoms with Crippen molar-refractivity contribution in [3.63, 3.8) is 0 Å². The average Bonchev–Trinajstić information content (AvgIpc) is 3.43. The van der Waals surface area contributed by atoms with Crippen LogP contribution in [0.2, 0.25) is 0 Å². The lowest BCUT2D eigenvalue weighted by Crippen LogP contribution is -1.89. The van der Waals surface area contributed by atoms with Crippen LogP contribution < -0.4 is 5.73 Å². The number of nitrogens with one attached hydrogen (secondary N) is 2. The number of fused-ring (bicyclic) bond motifs is 2. The molecule has 6 aromatic heterocycles. The maximum Gasteiger partial charge on any atom is 0.116 e. The van der Waals surface area contributed by atoms with Gasteiger partial charge in [-0.1, -0.05) is 6.07 Å². The summed E-state index contributed by atoms with van der Waals surface area (Å²) < 4.78 is 0. The van der Waals surface area contributed by atoms with Crippen LogP contribution in [0.4, 0.5) is 5.69 Å². The smallest absolute Gasteiger partial charge is 0.116 e. The topological polar surface area (TPSA) is 122 Å². The maximum atomic E-state index is 5.89. The molecule has 0 saturated carbocycles. The first-order chi connectivity index (χ1) is 15.3. The SMILES string of the molecule is Nc1cncc(-c2cc3c(-c4cc5c(-c6ccccn6)cncc5[nH]4)n[nH]c3cn2)c1. The van der Waals surface area contributed by atoms with Crippen LogP contribution >= 0.6 is 0 Å². The maximum absolute atomic E-state index is 5.89. The zero-order chi connectivity index (χ0) is 20.8. The summed E-state index contributed by atoms with van der Waals surface area (Å²) in [5, 5.41) is 9.60. The van der Waals surface area contributed by atoms with E-state index in [1.807, 2.05) is 42.7 Å². The van der Waals surface area contributed by atoms with Gasteiger partial charge in [0.2, 0.25) is 0 Å². The number of aromatic amines is 2. The number of nitrogens with zero attached hydrogens (tertiary/aromatic N) is 5. The highest BCUT2D eigenvalue weighted by Crippen LogP contribution is 2.33. The Kier molecular flexibility index (Phi) is 3.76. The number of rotatable bonds is 3. The molecule has 8 heteroatoms. The number of hydrogen-bond acceptors (Lipinski definition) is 6. The summed E-state index contributed by atoms with van der Waals surface area (Å²) in [6.07, 6.45) is 10.6. The molecule has 148 valence electrons. The zero-order valence-electron chi connectivity index (χ0n) is 16.2. The van der Waals surface area contributed by atoms with E-state index in [1.54, 1.807) is 24.8 Å². The van der Waals surface area contributed by atoms with Gasteiger partial charge in [0.1, 0.15) is 5.69 Å². The summed E-state index contributed by atoms with van der Waals surface area (Å²) >= 11 is 0. The molecule has 0 bridgehead atoms. The van der Waals surface area contributed by atoms with Gasteiger partial charge in [-0.05, 0) is 30.3 Å². The van der Waals surface area contributed by atoms with Crippen molar-refractivity contribution in [3.05, 3.63) is 73.6 Å². The van der Waals surface area contributed by atoms with Gasteiger partial charge in [-0.15, -0.1) is 0 Å². The summed E-state index contributed by atoms with van der Waals surface area (Å²) in [4.78, 5) is 21.0. The van der Waals surface area contributed by atoms with Crippen LogP contribution in [0.3, 0.4) is 0 Å². The highest BCUT2D eigenvalue weighted by molar-refractivity contribution is 6.00. The Labute approximate surface area is 176 Å². The molecule has 6 aromatic rings. The Hall–Kier alpha value is -4.59. The minimum absolute atomic E-state index is 0.594. The molecule has 0 aliphatic rings. The fourth-order valence-corrected chi connectivity index (χ4v) is 3.78. The average molecular weight is 404 g/mol. The molecule has 6 heterocycles. The molecule has 0 spiro atoms. The van der Waals surface area contributed by atoms with Crippen molar-refractivity contribution in [2.75, 3.05) is 5.73 Å². The van der Waals surface area contributed by atoms with E-state index in [2.05, 4.69) is 41.2 Å². The summed E-state index contributed by atoms with van der Waals surface area (Å²) in [7, 11) is 0. The highest BCUT2D eigenvalue weighted by Gasteiger charge is 2.15. The molecule has 0 radical (unpaired) electrons. The van der Waals surface area contributed by atoms with Crippen LogP contribution in [-0.2, 0) is 0 Å². The van der Waals surface area contributed by atoms with E-state index in [-0.39, 0.29) is 0 Å². The van der Waals surface area contributed by atoms with Gasteiger partial charge >= 0.3 is 0 Å².